The van der Waals surface area contributed by atoms with Gasteiger partial charge in [0.1, 0.15) is 6.07 Å². The summed E-state index contributed by atoms with van der Waals surface area (Å²) in [5.74, 6) is 0.0295. The number of ether oxygens (including phenoxy) is 1. The van der Waals surface area contributed by atoms with Crippen molar-refractivity contribution in [2.75, 3.05) is 51.3 Å². The minimum Gasteiger partial charge on any atom is -0.477 e. The molecule has 3 aromatic rings. The molecule has 0 unspecified atom stereocenters. The summed E-state index contributed by atoms with van der Waals surface area (Å²) >= 11 is 6.06. The van der Waals surface area contributed by atoms with Gasteiger partial charge < -0.3 is 24.8 Å². The number of aromatic nitrogens is 2. The monoisotopic (exact) mass is 601 g/mol. The molecular formula is C32H36ClN7O3. The van der Waals surface area contributed by atoms with Crippen LogP contribution < -0.4 is 15.0 Å². The number of rotatable bonds is 8. The van der Waals surface area contributed by atoms with Crippen LogP contribution in [0.15, 0.2) is 48.7 Å². The van der Waals surface area contributed by atoms with Gasteiger partial charge in [0.05, 0.1) is 34.7 Å². The number of nitrogens with zero attached hydrogens (tertiary/aromatic N) is 6. The number of nitriles is 1. The van der Waals surface area contributed by atoms with Crippen molar-refractivity contribution >= 4 is 29.1 Å². The third kappa shape index (κ3) is 6.58. The number of likely N-dealkylation sites (N-methyl/N-ethyl adjacent to an activating group) is 1. The number of piperazine rings is 1. The van der Waals surface area contributed by atoms with Crippen molar-refractivity contribution in [3.05, 3.63) is 70.5 Å². The number of benzene rings is 1. The van der Waals surface area contributed by atoms with Crippen molar-refractivity contribution < 1.29 is 14.3 Å². The van der Waals surface area contributed by atoms with Crippen LogP contribution in [-0.4, -0.2) is 90.0 Å². The normalized spacial score (nSPS) is 18.8. The lowest BCUT2D eigenvalue weighted by molar-refractivity contribution is 0.0719. The van der Waals surface area contributed by atoms with E-state index >= 15 is 0 Å². The lowest BCUT2D eigenvalue weighted by Gasteiger charge is -2.43. The maximum absolute atomic E-state index is 13.8. The number of pyridine rings is 2. The molecule has 1 N–H and O–H groups in total. The molecule has 1 aromatic carbocycles. The van der Waals surface area contributed by atoms with E-state index in [0.717, 1.165) is 31.6 Å². The third-order valence-corrected chi connectivity index (χ3v) is 8.26. The van der Waals surface area contributed by atoms with Gasteiger partial charge in [0.15, 0.2) is 5.69 Å². The van der Waals surface area contributed by atoms with Crippen molar-refractivity contribution in [2.24, 2.45) is 0 Å². The van der Waals surface area contributed by atoms with Crippen molar-refractivity contribution in [3.8, 4) is 23.2 Å². The summed E-state index contributed by atoms with van der Waals surface area (Å²) in [5.41, 5.74) is 2.96. The van der Waals surface area contributed by atoms with Gasteiger partial charge in [-0.25, -0.2) is 9.97 Å². The van der Waals surface area contributed by atoms with Crippen molar-refractivity contribution in [1.82, 2.24) is 25.1 Å². The van der Waals surface area contributed by atoms with Gasteiger partial charge in [-0.3, -0.25) is 9.59 Å². The van der Waals surface area contributed by atoms with Crippen LogP contribution in [0.1, 0.15) is 53.1 Å². The molecular weight excluding hydrogens is 566 g/mol. The van der Waals surface area contributed by atoms with Crippen LogP contribution >= 0.6 is 11.6 Å². The highest BCUT2D eigenvalue weighted by Gasteiger charge is 2.33. The number of hydrogen-bond acceptors (Lipinski definition) is 8. The van der Waals surface area contributed by atoms with E-state index in [-0.39, 0.29) is 29.5 Å². The highest BCUT2D eigenvalue weighted by Crippen LogP contribution is 2.32. The Morgan fingerprint density at radius 1 is 1.14 bits per heavy atom. The van der Waals surface area contributed by atoms with Crippen molar-refractivity contribution in [3.63, 3.8) is 0 Å². The third-order valence-electron chi connectivity index (χ3n) is 8.03. The molecule has 5 rings (SSSR count). The number of hydrogen-bond donors (Lipinski definition) is 1. The zero-order chi connectivity index (χ0) is 30.5. The molecule has 0 bridgehead atoms. The zero-order valence-electron chi connectivity index (χ0n) is 24.7. The maximum atomic E-state index is 13.8. The molecule has 0 spiro atoms. The predicted octanol–water partition coefficient (Wildman–Crippen LogP) is 4.24. The van der Waals surface area contributed by atoms with Gasteiger partial charge in [-0.05, 0) is 75.8 Å². The highest BCUT2D eigenvalue weighted by atomic mass is 35.5. The van der Waals surface area contributed by atoms with E-state index < -0.39 is 0 Å². The van der Waals surface area contributed by atoms with Crippen LogP contribution in [0.2, 0.25) is 5.02 Å². The lowest BCUT2D eigenvalue weighted by atomic mass is 10.0. The van der Waals surface area contributed by atoms with Gasteiger partial charge in [-0.1, -0.05) is 18.5 Å². The Hall–Kier alpha value is -4.20. The van der Waals surface area contributed by atoms with Gasteiger partial charge in [0.2, 0.25) is 5.88 Å². The summed E-state index contributed by atoms with van der Waals surface area (Å²) in [7, 11) is 2.05. The Bertz CT molecular complexity index is 1540. The summed E-state index contributed by atoms with van der Waals surface area (Å²) < 4.78 is 5.75. The SMILES string of the molecule is CCOc1ncccc1-c1ccc(N2CCN(C(=O)c3ccc(Cl)cc3C#N)C[C@H]2CC)c(C(=O)N[C@@H]2CCN(C)C2)n1. The molecule has 0 aliphatic carbocycles. The molecule has 2 aliphatic rings. The molecule has 2 amide bonds. The second-order valence-corrected chi connectivity index (χ2v) is 11.3. The number of likely N-dealkylation sites (tertiary alicyclic amines) is 1. The standard InChI is InChI=1S/C32H36ClN7O3/c1-4-24-20-39(32(42)25-9-8-22(33)17-21(25)18-34)15-16-40(24)28-11-10-27(26-7-6-13-35-31(26)43-5-2)37-29(28)30(41)36-23-12-14-38(3)19-23/h6-11,13,17,23-24H,4-5,12,14-16,19-20H2,1-3H3,(H,36,41)/t23-,24-/m1/s1. The van der Waals surface area contributed by atoms with Crippen LogP contribution in [0.5, 0.6) is 5.88 Å². The van der Waals surface area contributed by atoms with Crippen LogP contribution in [0, 0.1) is 11.3 Å². The average Bonchev–Trinajstić information content (AvgIpc) is 3.44. The molecule has 2 fully saturated rings. The molecule has 2 aliphatic heterocycles. The fraction of sp³-hybridized carbons (Fsp3) is 0.406. The molecule has 4 heterocycles. The number of amides is 2. The summed E-state index contributed by atoms with van der Waals surface area (Å²) in [4.78, 5) is 42.8. The molecule has 2 saturated heterocycles. The Balaban J connectivity index is 1.46. The summed E-state index contributed by atoms with van der Waals surface area (Å²) in [6, 6.07) is 14.4. The summed E-state index contributed by atoms with van der Waals surface area (Å²) in [6.07, 6.45) is 3.29. The quantitative estimate of drug-likeness (QED) is 0.408. The van der Waals surface area contributed by atoms with E-state index in [4.69, 9.17) is 21.3 Å². The van der Waals surface area contributed by atoms with Crippen molar-refractivity contribution in [2.45, 2.75) is 38.8 Å². The number of anilines is 1. The minimum atomic E-state index is -0.229. The Kier molecular flexibility index (Phi) is 9.43. The van der Waals surface area contributed by atoms with Gasteiger partial charge in [-0.2, -0.15) is 5.26 Å². The fourth-order valence-corrected chi connectivity index (χ4v) is 5.99. The van der Waals surface area contributed by atoms with E-state index in [2.05, 4.69) is 33.1 Å². The molecule has 43 heavy (non-hydrogen) atoms. The average molecular weight is 602 g/mol. The minimum absolute atomic E-state index is 0.0401. The van der Waals surface area contributed by atoms with Gasteiger partial charge in [0.25, 0.3) is 11.8 Å². The van der Waals surface area contributed by atoms with E-state index in [0.29, 0.717) is 59.7 Å². The first-order valence-electron chi connectivity index (χ1n) is 14.7. The number of halogens is 1. The van der Waals surface area contributed by atoms with Crippen molar-refractivity contribution in [1.29, 1.82) is 5.26 Å². The highest BCUT2D eigenvalue weighted by molar-refractivity contribution is 6.30. The first kappa shape index (κ1) is 30.3. The first-order chi connectivity index (χ1) is 20.8. The smallest absolute Gasteiger partial charge is 0.272 e. The van der Waals surface area contributed by atoms with Gasteiger partial charge in [-0.15, -0.1) is 0 Å². The van der Waals surface area contributed by atoms with E-state index in [1.807, 2.05) is 38.2 Å². The molecule has 0 radical (unpaired) electrons. The van der Waals surface area contributed by atoms with Gasteiger partial charge >= 0.3 is 0 Å². The predicted molar refractivity (Wildman–Crippen MR) is 166 cm³/mol. The molecule has 10 nitrogen and oxygen atoms in total. The second kappa shape index (κ2) is 13.4. The van der Waals surface area contributed by atoms with E-state index in [9.17, 15) is 14.9 Å². The summed E-state index contributed by atoms with van der Waals surface area (Å²) in [6.45, 7) is 7.50. The number of carbonyl (C=O) groups is 2. The van der Waals surface area contributed by atoms with Crippen LogP contribution in [-0.2, 0) is 0 Å². The molecule has 0 saturated carbocycles. The number of carbonyl (C=O) groups excluding carboxylic acids is 2. The molecule has 2 atom stereocenters. The van der Waals surface area contributed by atoms with Crippen LogP contribution in [0.4, 0.5) is 5.69 Å². The molecule has 11 heteroatoms. The lowest BCUT2D eigenvalue weighted by Crippen LogP contribution is -2.55. The largest absolute Gasteiger partial charge is 0.477 e. The number of nitrogens with one attached hydrogen (secondary N) is 1. The van der Waals surface area contributed by atoms with E-state index in [1.54, 1.807) is 23.2 Å². The Morgan fingerprint density at radius 2 is 1.98 bits per heavy atom. The Labute approximate surface area is 257 Å². The van der Waals surface area contributed by atoms with E-state index in [1.165, 1.54) is 6.07 Å². The first-order valence-corrected chi connectivity index (χ1v) is 15.0. The van der Waals surface area contributed by atoms with Crippen LogP contribution in [0.3, 0.4) is 0 Å². The van der Waals surface area contributed by atoms with Gasteiger partial charge in [0, 0.05) is 49.5 Å². The second-order valence-electron chi connectivity index (χ2n) is 10.9. The zero-order valence-corrected chi connectivity index (χ0v) is 25.5. The molecule has 224 valence electrons. The maximum Gasteiger partial charge on any atom is 0.272 e. The topological polar surface area (TPSA) is 115 Å². The Morgan fingerprint density at radius 3 is 2.70 bits per heavy atom. The molecule has 2 aromatic heterocycles. The summed E-state index contributed by atoms with van der Waals surface area (Å²) in [5, 5.41) is 13.2. The fourth-order valence-electron chi connectivity index (χ4n) is 5.82. The van der Waals surface area contributed by atoms with Crippen LogP contribution in [0.25, 0.3) is 11.3 Å².